The summed E-state index contributed by atoms with van der Waals surface area (Å²) >= 11 is 5.94. The van der Waals surface area contributed by atoms with E-state index in [2.05, 4.69) is 10.5 Å². The fourth-order valence-electron chi connectivity index (χ4n) is 1.60. The number of allylic oxidation sites excluding steroid dienone is 1. The molecule has 21 heavy (non-hydrogen) atoms. The summed E-state index contributed by atoms with van der Waals surface area (Å²) in [7, 11) is 7.41. The predicted molar refractivity (Wildman–Crippen MR) is 86.6 cm³/mol. The van der Waals surface area contributed by atoms with E-state index < -0.39 is 0 Å². The van der Waals surface area contributed by atoms with Gasteiger partial charge in [0, 0.05) is 16.8 Å². The Balaban J connectivity index is 2.57. The lowest BCUT2D eigenvalue weighted by Crippen LogP contribution is -2.43. The minimum Gasteiger partial charge on any atom is -0.496 e. The number of carbonyl (C=O) groups is 1. The van der Waals surface area contributed by atoms with E-state index in [1.165, 1.54) is 6.21 Å². The average Bonchev–Trinajstić information content (AvgIpc) is 2.36. The highest BCUT2D eigenvalue weighted by Crippen LogP contribution is 2.23. The van der Waals surface area contributed by atoms with Crippen LogP contribution < -0.4 is 10.2 Å². The molecule has 0 radical (unpaired) electrons. The highest BCUT2D eigenvalue weighted by molar-refractivity contribution is 6.30. The molecule has 6 heteroatoms. The summed E-state index contributed by atoms with van der Waals surface area (Å²) in [5, 5.41) is 4.48. The van der Waals surface area contributed by atoms with Gasteiger partial charge in [-0.15, -0.1) is 0 Å². The molecule has 1 aromatic rings. The fraction of sp³-hybridized carbons (Fsp3) is 0.333. The lowest BCUT2D eigenvalue weighted by molar-refractivity contribution is -0.862. The van der Waals surface area contributed by atoms with E-state index in [0.29, 0.717) is 16.1 Å². The van der Waals surface area contributed by atoms with Gasteiger partial charge in [0.05, 0.1) is 28.3 Å². The minimum atomic E-state index is -0.132. The van der Waals surface area contributed by atoms with Crippen molar-refractivity contribution in [3.8, 4) is 5.75 Å². The van der Waals surface area contributed by atoms with Crippen molar-refractivity contribution in [3.05, 3.63) is 34.9 Å². The van der Waals surface area contributed by atoms with Gasteiger partial charge in [0.15, 0.2) is 6.54 Å². The van der Waals surface area contributed by atoms with Crippen LogP contribution in [0.1, 0.15) is 5.56 Å². The summed E-state index contributed by atoms with van der Waals surface area (Å²) in [6.45, 7) is 0.364. The van der Waals surface area contributed by atoms with E-state index in [1.807, 2.05) is 21.1 Å². The lowest BCUT2D eigenvalue weighted by Gasteiger charge is -2.21. The molecule has 1 N–H and O–H groups in total. The monoisotopic (exact) mass is 310 g/mol. The third kappa shape index (κ3) is 6.92. The van der Waals surface area contributed by atoms with Crippen LogP contribution in [0, 0.1) is 0 Å². The molecule has 0 bridgehead atoms. The van der Waals surface area contributed by atoms with E-state index in [0.717, 1.165) is 11.3 Å². The molecule has 0 aliphatic rings. The van der Waals surface area contributed by atoms with Crippen LogP contribution in [0.25, 0.3) is 6.08 Å². The van der Waals surface area contributed by atoms with Gasteiger partial charge in [-0.25, -0.2) is 5.43 Å². The van der Waals surface area contributed by atoms with Crippen molar-refractivity contribution in [2.24, 2.45) is 5.10 Å². The standard InChI is InChI=1S/C15H20ClN3O2/c1-19(2,3)11-15(20)18-17-9-5-6-12-10-13(16)7-8-14(12)21-4/h5-10H,11H2,1-4H3/p+1/b6-5+,17-9+. The van der Waals surface area contributed by atoms with Crippen molar-refractivity contribution in [3.63, 3.8) is 0 Å². The van der Waals surface area contributed by atoms with Gasteiger partial charge < -0.3 is 9.22 Å². The second-order valence-electron chi connectivity index (χ2n) is 5.51. The van der Waals surface area contributed by atoms with Gasteiger partial charge in [-0.3, -0.25) is 4.79 Å². The smallest absolute Gasteiger partial charge is 0.295 e. The van der Waals surface area contributed by atoms with E-state index in [-0.39, 0.29) is 5.91 Å². The molecule has 0 spiro atoms. The second kappa shape index (κ2) is 7.81. The number of hydrogen-bond donors (Lipinski definition) is 1. The zero-order chi connectivity index (χ0) is 15.9. The maximum absolute atomic E-state index is 11.5. The average molecular weight is 311 g/mol. The molecule has 0 aliphatic heterocycles. The molecule has 0 aliphatic carbocycles. The summed E-state index contributed by atoms with van der Waals surface area (Å²) in [5.74, 6) is 0.589. The molecule has 5 nitrogen and oxygen atoms in total. The van der Waals surface area contributed by atoms with E-state index in [1.54, 1.807) is 37.5 Å². The Kier molecular flexibility index (Phi) is 6.39. The molecular weight excluding hydrogens is 290 g/mol. The molecular formula is C15H21ClN3O2+. The number of ether oxygens (including phenoxy) is 1. The number of likely N-dealkylation sites (N-methyl/N-ethyl adjacent to an activating group) is 1. The molecule has 0 saturated carbocycles. The molecule has 1 rings (SSSR count). The maximum Gasteiger partial charge on any atom is 0.295 e. The Morgan fingerprint density at radius 2 is 2.14 bits per heavy atom. The number of nitrogens with zero attached hydrogens (tertiary/aromatic N) is 2. The normalized spacial score (nSPS) is 12.0. The highest BCUT2D eigenvalue weighted by atomic mass is 35.5. The van der Waals surface area contributed by atoms with Crippen molar-refractivity contribution in [1.29, 1.82) is 0 Å². The van der Waals surface area contributed by atoms with Gasteiger partial charge in [0.2, 0.25) is 0 Å². The SMILES string of the molecule is COc1ccc(Cl)cc1/C=C/C=N/NC(=O)C[N+](C)(C)C. The molecule has 0 heterocycles. The Labute approximate surface area is 130 Å². The number of amides is 1. The van der Waals surface area contributed by atoms with Gasteiger partial charge >= 0.3 is 0 Å². The third-order valence-electron chi connectivity index (χ3n) is 2.44. The summed E-state index contributed by atoms with van der Waals surface area (Å²) in [4.78, 5) is 11.5. The summed E-state index contributed by atoms with van der Waals surface area (Å²) in [6, 6.07) is 5.35. The summed E-state index contributed by atoms with van der Waals surface area (Å²) < 4.78 is 5.78. The van der Waals surface area contributed by atoms with Crippen LogP contribution in [0.5, 0.6) is 5.75 Å². The molecule has 1 aromatic carbocycles. The molecule has 0 atom stereocenters. The number of hydrazone groups is 1. The Bertz CT molecular complexity index is 548. The second-order valence-corrected chi connectivity index (χ2v) is 5.94. The van der Waals surface area contributed by atoms with Gasteiger partial charge in [-0.05, 0) is 30.4 Å². The number of nitrogens with one attached hydrogen (secondary N) is 1. The molecule has 0 fully saturated rings. The molecule has 0 saturated heterocycles. The quantitative estimate of drug-likeness (QED) is 0.497. The number of quaternary nitrogens is 1. The lowest BCUT2D eigenvalue weighted by atomic mass is 10.2. The van der Waals surface area contributed by atoms with Crippen LogP contribution in [0.2, 0.25) is 5.02 Å². The molecule has 114 valence electrons. The van der Waals surface area contributed by atoms with Crippen LogP contribution in [0.4, 0.5) is 0 Å². The number of benzene rings is 1. The topological polar surface area (TPSA) is 50.7 Å². The van der Waals surface area contributed by atoms with Crippen LogP contribution in [0.15, 0.2) is 29.4 Å². The zero-order valence-electron chi connectivity index (χ0n) is 12.8. The fourth-order valence-corrected chi connectivity index (χ4v) is 1.78. The molecule has 1 amide bonds. The summed E-state index contributed by atoms with van der Waals surface area (Å²) in [5.41, 5.74) is 3.31. The largest absolute Gasteiger partial charge is 0.496 e. The number of rotatable bonds is 6. The van der Waals surface area contributed by atoms with Gasteiger partial charge in [-0.2, -0.15) is 5.10 Å². The minimum absolute atomic E-state index is 0.132. The van der Waals surface area contributed by atoms with Crippen LogP contribution >= 0.6 is 11.6 Å². The highest BCUT2D eigenvalue weighted by Gasteiger charge is 2.12. The predicted octanol–water partition coefficient (Wildman–Crippen LogP) is 2.17. The first-order valence-electron chi connectivity index (χ1n) is 6.44. The Morgan fingerprint density at radius 3 is 2.76 bits per heavy atom. The van der Waals surface area contributed by atoms with Crippen LogP contribution in [-0.2, 0) is 4.79 Å². The van der Waals surface area contributed by atoms with Crippen molar-refractivity contribution >= 4 is 29.8 Å². The third-order valence-corrected chi connectivity index (χ3v) is 2.67. The van der Waals surface area contributed by atoms with Crippen LogP contribution in [-0.4, -0.2) is 51.4 Å². The van der Waals surface area contributed by atoms with E-state index in [9.17, 15) is 4.79 Å². The number of hydrogen-bond acceptors (Lipinski definition) is 3. The van der Waals surface area contributed by atoms with Crippen molar-refractivity contribution < 1.29 is 14.0 Å². The first-order chi connectivity index (χ1) is 9.81. The Hall–Kier alpha value is -1.85. The van der Waals surface area contributed by atoms with Gasteiger partial charge in [0.25, 0.3) is 5.91 Å². The number of halogens is 1. The Morgan fingerprint density at radius 1 is 1.43 bits per heavy atom. The van der Waals surface area contributed by atoms with Gasteiger partial charge in [-0.1, -0.05) is 11.6 Å². The number of carbonyl (C=O) groups excluding carboxylic acids is 1. The van der Waals surface area contributed by atoms with E-state index >= 15 is 0 Å². The van der Waals surface area contributed by atoms with E-state index in [4.69, 9.17) is 16.3 Å². The summed E-state index contributed by atoms with van der Waals surface area (Å²) in [6.07, 6.45) is 5.02. The van der Waals surface area contributed by atoms with Gasteiger partial charge in [0.1, 0.15) is 5.75 Å². The zero-order valence-corrected chi connectivity index (χ0v) is 13.5. The van der Waals surface area contributed by atoms with Crippen molar-refractivity contribution in [2.75, 3.05) is 34.8 Å². The molecule has 0 unspecified atom stereocenters. The van der Waals surface area contributed by atoms with Crippen molar-refractivity contribution in [2.45, 2.75) is 0 Å². The van der Waals surface area contributed by atoms with Crippen molar-refractivity contribution in [1.82, 2.24) is 5.43 Å². The number of methoxy groups -OCH3 is 1. The molecule has 0 aromatic heterocycles. The maximum atomic E-state index is 11.5. The first-order valence-corrected chi connectivity index (χ1v) is 6.82. The van der Waals surface area contributed by atoms with Crippen LogP contribution in [0.3, 0.4) is 0 Å². The first kappa shape index (κ1) is 17.2.